The number of halogens is 1. The molecule has 20 heavy (non-hydrogen) atoms. The number of hydrogen-bond acceptors (Lipinski definition) is 3. The van der Waals surface area contributed by atoms with Gasteiger partial charge < -0.3 is 0 Å². The zero-order chi connectivity index (χ0) is 14.6. The molecule has 2 rings (SSSR count). The zero-order valence-corrected chi connectivity index (χ0v) is 13.5. The minimum absolute atomic E-state index is 0.282. The summed E-state index contributed by atoms with van der Waals surface area (Å²) in [4.78, 5) is 1.07. The van der Waals surface area contributed by atoms with Crippen molar-refractivity contribution in [3.05, 3.63) is 52.4 Å². The first-order valence-electron chi connectivity index (χ1n) is 6.27. The molecule has 2 aromatic rings. The van der Waals surface area contributed by atoms with Crippen molar-refractivity contribution in [2.24, 2.45) is 0 Å². The van der Waals surface area contributed by atoms with Crippen LogP contribution in [0.5, 0.6) is 0 Å². The Bertz CT molecular complexity index is 663. The Morgan fingerprint density at radius 3 is 2.30 bits per heavy atom. The monoisotopic (exact) mass is 329 g/mol. The van der Waals surface area contributed by atoms with Crippen molar-refractivity contribution >= 4 is 33.0 Å². The second-order valence-corrected chi connectivity index (χ2v) is 7.78. The van der Waals surface area contributed by atoms with Crippen molar-refractivity contribution in [1.82, 2.24) is 4.72 Å². The van der Waals surface area contributed by atoms with Crippen LogP contribution in [0.25, 0.3) is 0 Å². The highest BCUT2D eigenvalue weighted by Crippen LogP contribution is 2.22. The molecule has 0 saturated heterocycles. The third kappa shape index (κ3) is 3.82. The number of sulfonamides is 1. The van der Waals surface area contributed by atoms with Gasteiger partial charge in [0.05, 0.1) is 0 Å². The average molecular weight is 330 g/mol. The van der Waals surface area contributed by atoms with Crippen LogP contribution in [0.2, 0.25) is 0 Å². The summed E-state index contributed by atoms with van der Waals surface area (Å²) in [5.74, 6) is 0.459. The normalized spacial score (nSPS) is 11.7. The maximum absolute atomic E-state index is 12.1. The van der Waals surface area contributed by atoms with E-state index in [1.807, 2.05) is 37.3 Å². The van der Waals surface area contributed by atoms with Gasteiger partial charge in [0, 0.05) is 17.3 Å². The molecule has 0 fully saturated rings. The summed E-state index contributed by atoms with van der Waals surface area (Å²) in [6.07, 6.45) is 0.847. The van der Waals surface area contributed by atoms with Gasteiger partial charge in [-0.1, -0.05) is 31.2 Å². The predicted molar refractivity (Wildman–Crippen MR) is 83.7 cm³/mol. The van der Waals surface area contributed by atoms with Crippen LogP contribution in [0.3, 0.4) is 0 Å². The van der Waals surface area contributed by atoms with E-state index in [0.717, 1.165) is 22.4 Å². The molecule has 3 nitrogen and oxygen atoms in total. The maximum Gasteiger partial charge on any atom is 0.250 e. The molecular formula is C14H16ClNO2S2. The molecule has 1 aromatic heterocycles. The van der Waals surface area contributed by atoms with E-state index in [4.69, 9.17) is 11.6 Å². The van der Waals surface area contributed by atoms with Gasteiger partial charge in [-0.2, -0.15) is 0 Å². The van der Waals surface area contributed by atoms with Crippen molar-refractivity contribution in [3.8, 4) is 0 Å². The van der Waals surface area contributed by atoms with Crippen LogP contribution in [0, 0.1) is 0 Å². The number of nitrogens with one attached hydrogen (secondary N) is 1. The molecule has 0 amide bonds. The Labute approximate surface area is 128 Å². The van der Waals surface area contributed by atoms with Gasteiger partial charge in [0.2, 0.25) is 10.0 Å². The summed E-state index contributed by atoms with van der Waals surface area (Å²) in [6.45, 7) is 2.29. The van der Waals surface area contributed by atoms with E-state index in [1.165, 1.54) is 11.3 Å². The molecule has 0 unspecified atom stereocenters. The molecule has 0 aliphatic rings. The lowest BCUT2D eigenvalue weighted by molar-refractivity contribution is 0.583. The predicted octanol–water partition coefficient (Wildman–Crippen LogP) is 3.53. The Morgan fingerprint density at radius 2 is 1.75 bits per heavy atom. The minimum Gasteiger partial charge on any atom is -0.206 e. The molecular weight excluding hydrogens is 314 g/mol. The highest BCUT2D eigenvalue weighted by Gasteiger charge is 2.16. The standard InChI is InChI=1S/C14H16ClNO2S2/c1-2-13-7-8-14(19-13)20(17,18)16-10-12-5-3-11(9-15)4-6-12/h3-8,16H,2,9-10H2,1H3. The lowest BCUT2D eigenvalue weighted by atomic mass is 10.1. The van der Waals surface area contributed by atoms with E-state index >= 15 is 0 Å². The number of thiophene rings is 1. The Hall–Kier alpha value is -0.880. The fourth-order valence-electron chi connectivity index (χ4n) is 1.69. The van der Waals surface area contributed by atoms with Crippen molar-refractivity contribution in [2.45, 2.75) is 30.0 Å². The molecule has 0 bridgehead atoms. The van der Waals surface area contributed by atoms with Crippen LogP contribution in [0.1, 0.15) is 22.9 Å². The van der Waals surface area contributed by atoms with Gasteiger partial charge in [0.25, 0.3) is 0 Å². The topological polar surface area (TPSA) is 46.2 Å². The summed E-state index contributed by atoms with van der Waals surface area (Å²) >= 11 is 7.03. The number of hydrogen-bond donors (Lipinski definition) is 1. The third-order valence-electron chi connectivity index (χ3n) is 2.89. The van der Waals surface area contributed by atoms with Crippen LogP contribution in [0.4, 0.5) is 0 Å². The van der Waals surface area contributed by atoms with Gasteiger partial charge in [-0.25, -0.2) is 13.1 Å². The van der Waals surface area contributed by atoms with Crippen LogP contribution >= 0.6 is 22.9 Å². The highest BCUT2D eigenvalue weighted by atomic mass is 35.5. The van der Waals surface area contributed by atoms with Gasteiger partial charge in [-0.05, 0) is 29.7 Å². The first-order valence-corrected chi connectivity index (χ1v) is 9.10. The summed E-state index contributed by atoms with van der Waals surface area (Å²) in [5, 5.41) is 0. The fraction of sp³-hybridized carbons (Fsp3) is 0.286. The molecule has 108 valence electrons. The molecule has 0 radical (unpaired) electrons. The minimum atomic E-state index is -3.42. The van der Waals surface area contributed by atoms with Crippen LogP contribution < -0.4 is 4.72 Å². The van der Waals surface area contributed by atoms with Gasteiger partial charge in [0.1, 0.15) is 4.21 Å². The molecule has 1 heterocycles. The molecule has 0 saturated carbocycles. The summed E-state index contributed by atoms with van der Waals surface area (Å²) in [7, 11) is -3.42. The summed E-state index contributed by atoms with van der Waals surface area (Å²) in [6, 6.07) is 11.1. The number of rotatable bonds is 6. The number of aryl methyl sites for hydroxylation is 1. The summed E-state index contributed by atoms with van der Waals surface area (Å²) < 4.78 is 27.3. The maximum atomic E-state index is 12.1. The highest BCUT2D eigenvalue weighted by molar-refractivity contribution is 7.91. The molecule has 0 aliphatic carbocycles. The largest absolute Gasteiger partial charge is 0.250 e. The fourth-order valence-corrected chi connectivity index (χ4v) is 4.22. The van der Waals surface area contributed by atoms with E-state index in [2.05, 4.69) is 4.72 Å². The lowest BCUT2D eigenvalue weighted by Crippen LogP contribution is -2.22. The van der Waals surface area contributed by atoms with Crippen molar-refractivity contribution in [1.29, 1.82) is 0 Å². The van der Waals surface area contributed by atoms with Gasteiger partial charge in [-0.15, -0.1) is 22.9 Å². The van der Waals surface area contributed by atoms with E-state index < -0.39 is 10.0 Å². The third-order valence-corrected chi connectivity index (χ3v) is 6.33. The number of alkyl halides is 1. The molecule has 0 aliphatic heterocycles. The zero-order valence-electron chi connectivity index (χ0n) is 11.1. The van der Waals surface area contributed by atoms with Crippen LogP contribution in [0.15, 0.2) is 40.6 Å². The van der Waals surface area contributed by atoms with E-state index in [1.54, 1.807) is 6.07 Å². The molecule has 0 atom stereocenters. The Morgan fingerprint density at radius 1 is 1.10 bits per heavy atom. The first-order chi connectivity index (χ1) is 9.55. The Kier molecular flexibility index (Phi) is 5.21. The molecule has 1 N–H and O–H groups in total. The van der Waals surface area contributed by atoms with Gasteiger partial charge in [0.15, 0.2) is 0 Å². The van der Waals surface area contributed by atoms with Crippen LogP contribution in [-0.2, 0) is 28.9 Å². The van der Waals surface area contributed by atoms with Crippen molar-refractivity contribution in [2.75, 3.05) is 0 Å². The van der Waals surface area contributed by atoms with Crippen LogP contribution in [-0.4, -0.2) is 8.42 Å². The summed E-state index contributed by atoms with van der Waals surface area (Å²) in [5.41, 5.74) is 1.93. The first kappa shape index (κ1) is 15.5. The second kappa shape index (κ2) is 6.72. The van der Waals surface area contributed by atoms with E-state index in [-0.39, 0.29) is 6.54 Å². The van der Waals surface area contributed by atoms with Gasteiger partial charge in [-0.3, -0.25) is 0 Å². The smallest absolute Gasteiger partial charge is 0.206 e. The molecule has 0 spiro atoms. The van der Waals surface area contributed by atoms with Crippen molar-refractivity contribution in [3.63, 3.8) is 0 Å². The van der Waals surface area contributed by atoms with Gasteiger partial charge >= 0.3 is 0 Å². The Balaban J connectivity index is 2.04. The second-order valence-electron chi connectivity index (χ2n) is 4.35. The SMILES string of the molecule is CCc1ccc(S(=O)(=O)NCc2ccc(CCl)cc2)s1. The molecule has 6 heteroatoms. The quantitative estimate of drug-likeness (QED) is 0.824. The van der Waals surface area contributed by atoms with E-state index in [0.29, 0.717) is 10.1 Å². The number of benzene rings is 1. The average Bonchev–Trinajstić information content (AvgIpc) is 2.95. The molecule has 1 aromatic carbocycles. The lowest BCUT2D eigenvalue weighted by Gasteiger charge is -2.05. The van der Waals surface area contributed by atoms with Crippen molar-refractivity contribution < 1.29 is 8.42 Å². The van der Waals surface area contributed by atoms with E-state index in [9.17, 15) is 8.42 Å².